The fourth-order valence-corrected chi connectivity index (χ4v) is 3.11. The summed E-state index contributed by atoms with van der Waals surface area (Å²) in [5.74, 6) is 0.0841. The number of benzene rings is 2. The van der Waals surface area contributed by atoms with Gasteiger partial charge in [-0.2, -0.15) is 0 Å². The molecule has 2 aromatic carbocycles. The van der Waals surface area contributed by atoms with Gasteiger partial charge in [-0.3, -0.25) is 9.59 Å². The molecule has 0 unspecified atom stereocenters. The third-order valence-corrected chi connectivity index (χ3v) is 4.74. The normalized spacial score (nSPS) is 16.7. The van der Waals surface area contributed by atoms with Crippen LogP contribution in [0.1, 0.15) is 24.5 Å². The summed E-state index contributed by atoms with van der Waals surface area (Å²) in [4.78, 5) is 26.8. The molecule has 1 N–H and O–H groups in total. The van der Waals surface area contributed by atoms with Crippen LogP contribution in [0.15, 0.2) is 42.5 Å². The van der Waals surface area contributed by atoms with Crippen LogP contribution in [0.5, 0.6) is 5.75 Å². The van der Waals surface area contributed by atoms with Crippen LogP contribution in [0, 0.1) is 19.8 Å². The van der Waals surface area contributed by atoms with Crippen LogP contribution in [0.3, 0.4) is 0 Å². The molecule has 5 nitrogen and oxygen atoms in total. The number of anilines is 2. The summed E-state index contributed by atoms with van der Waals surface area (Å²) in [7, 11) is 0. The molecule has 26 heavy (non-hydrogen) atoms. The van der Waals surface area contributed by atoms with Crippen LogP contribution in [0.4, 0.5) is 11.4 Å². The first-order valence-electron chi connectivity index (χ1n) is 8.90. The number of hydrogen-bond donors (Lipinski definition) is 1. The molecule has 0 radical (unpaired) electrons. The Hall–Kier alpha value is -2.82. The smallest absolute Gasteiger partial charge is 0.229 e. The first kappa shape index (κ1) is 18.0. The van der Waals surface area contributed by atoms with Gasteiger partial charge < -0.3 is 15.0 Å². The third kappa shape index (κ3) is 3.72. The second kappa shape index (κ2) is 7.60. The first-order valence-corrected chi connectivity index (χ1v) is 8.90. The fraction of sp³-hybridized carbons (Fsp3) is 0.333. The lowest BCUT2D eigenvalue weighted by Gasteiger charge is -2.18. The molecule has 3 rings (SSSR count). The van der Waals surface area contributed by atoms with Crippen molar-refractivity contribution < 1.29 is 14.3 Å². The predicted octanol–water partition coefficient (Wildman–Crippen LogP) is 3.69. The minimum Gasteiger partial charge on any atom is -0.492 e. The van der Waals surface area contributed by atoms with E-state index in [1.165, 1.54) is 5.56 Å². The zero-order valence-electron chi connectivity index (χ0n) is 15.4. The summed E-state index contributed by atoms with van der Waals surface area (Å²) in [6, 6.07) is 13.3. The van der Waals surface area contributed by atoms with Crippen LogP contribution in [-0.4, -0.2) is 25.0 Å². The topological polar surface area (TPSA) is 58.6 Å². The van der Waals surface area contributed by atoms with E-state index in [9.17, 15) is 9.59 Å². The average Bonchev–Trinajstić information content (AvgIpc) is 3.01. The molecule has 0 aliphatic carbocycles. The van der Waals surface area contributed by atoms with Crippen LogP contribution in [0.2, 0.25) is 0 Å². The average molecular weight is 352 g/mol. The van der Waals surface area contributed by atoms with Gasteiger partial charge in [0.1, 0.15) is 5.75 Å². The van der Waals surface area contributed by atoms with Gasteiger partial charge in [0, 0.05) is 18.7 Å². The van der Waals surface area contributed by atoms with Crippen LogP contribution in [0.25, 0.3) is 0 Å². The molecule has 0 spiro atoms. The summed E-state index contributed by atoms with van der Waals surface area (Å²) in [6.45, 7) is 6.88. The summed E-state index contributed by atoms with van der Waals surface area (Å²) in [6.07, 6.45) is 0.218. The molecule has 0 aromatic heterocycles. The van der Waals surface area contributed by atoms with E-state index in [-0.39, 0.29) is 24.2 Å². The van der Waals surface area contributed by atoms with Crippen molar-refractivity contribution >= 4 is 23.2 Å². The lowest BCUT2D eigenvalue weighted by atomic mass is 10.1. The van der Waals surface area contributed by atoms with E-state index in [0.29, 0.717) is 24.6 Å². The highest BCUT2D eigenvalue weighted by Gasteiger charge is 2.35. The highest BCUT2D eigenvalue weighted by atomic mass is 16.5. The Balaban J connectivity index is 1.72. The number of carbonyl (C=O) groups is 2. The van der Waals surface area contributed by atoms with Crippen molar-refractivity contribution in [2.75, 3.05) is 23.4 Å². The quantitative estimate of drug-likeness (QED) is 0.893. The van der Waals surface area contributed by atoms with Gasteiger partial charge in [0.25, 0.3) is 0 Å². The van der Waals surface area contributed by atoms with Gasteiger partial charge in [-0.15, -0.1) is 0 Å². The number of nitrogens with zero attached hydrogens (tertiary/aromatic N) is 1. The number of carbonyl (C=O) groups excluding carboxylic acids is 2. The number of aryl methyl sites for hydroxylation is 2. The monoisotopic (exact) mass is 352 g/mol. The summed E-state index contributed by atoms with van der Waals surface area (Å²) in [5, 5.41) is 2.91. The number of ether oxygens (including phenoxy) is 1. The molecule has 1 fully saturated rings. The maximum atomic E-state index is 12.7. The highest BCUT2D eigenvalue weighted by molar-refractivity contribution is 6.04. The van der Waals surface area contributed by atoms with E-state index in [0.717, 1.165) is 11.3 Å². The largest absolute Gasteiger partial charge is 0.492 e. The molecule has 5 heteroatoms. The van der Waals surface area contributed by atoms with E-state index in [4.69, 9.17) is 4.74 Å². The molecule has 1 aliphatic rings. The van der Waals surface area contributed by atoms with Gasteiger partial charge in [-0.05, 0) is 56.2 Å². The SMILES string of the molecule is CCOc1ccccc1NC(=O)[C@@H]1CC(=O)N(c2ccc(C)c(C)c2)C1. The van der Waals surface area contributed by atoms with E-state index >= 15 is 0 Å². The molecule has 136 valence electrons. The summed E-state index contributed by atoms with van der Waals surface area (Å²) < 4.78 is 5.54. The van der Waals surface area contributed by atoms with Gasteiger partial charge in [-0.1, -0.05) is 18.2 Å². The Kier molecular flexibility index (Phi) is 5.26. The van der Waals surface area contributed by atoms with Gasteiger partial charge >= 0.3 is 0 Å². The van der Waals surface area contributed by atoms with E-state index in [2.05, 4.69) is 5.32 Å². The van der Waals surface area contributed by atoms with Crippen molar-refractivity contribution in [3.05, 3.63) is 53.6 Å². The third-order valence-electron chi connectivity index (χ3n) is 4.74. The number of nitrogens with one attached hydrogen (secondary N) is 1. The van der Waals surface area contributed by atoms with Crippen molar-refractivity contribution in [3.63, 3.8) is 0 Å². The zero-order valence-corrected chi connectivity index (χ0v) is 15.4. The Morgan fingerprint density at radius 3 is 2.69 bits per heavy atom. The zero-order chi connectivity index (χ0) is 18.7. The second-order valence-electron chi connectivity index (χ2n) is 6.59. The molecule has 0 saturated carbocycles. The summed E-state index contributed by atoms with van der Waals surface area (Å²) >= 11 is 0. The number of rotatable bonds is 5. The molecule has 2 amide bonds. The van der Waals surface area contributed by atoms with Gasteiger partial charge in [-0.25, -0.2) is 0 Å². The maximum absolute atomic E-state index is 12.7. The Bertz CT molecular complexity index is 832. The van der Waals surface area contributed by atoms with Gasteiger partial charge in [0.05, 0.1) is 18.2 Å². The molecule has 1 aliphatic heterocycles. The van der Waals surface area contributed by atoms with E-state index in [1.54, 1.807) is 11.0 Å². The molecule has 1 atom stereocenters. The lowest BCUT2D eigenvalue weighted by Crippen LogP contribution is -2.28. The first-order chi connectivity index (χ1) is 12.5. The number of para-hydroxylation sites is 2. The van der Waals surface area contributed by atoms with Gasteiger partial charge in [0.15, 0.2) is 0 Å². The minimum atomic E-state index is -0.376. The van der Waals surface area contributed by atoms with Gasteiger partial charge in [0.2, 0.25) is 11.8 Å². The molecule has 1 saturated heterocycles. The number of hydrogen-bond acceptors (Lipinski definition) is 3. The Labute approximate surface area is 154 Å². The molecule has 2 aromatic rings. The lowest BCUT2D eigenvalue weighted by molar-refractivity contribution is -0.122. The van der Waals surface area contributed by atoms with Crippen molar-refractivity contribution in [1.82, 2.24) is 0 Å². The molecule has 1 heterocycles. The second-order valence-corrected chi connectivity index (χ2v) is 6.59. The Morgan fingerprint density at radius 1 is 1.19 bits per heavy atom. The van der Waals surface area contributed by atoms with Crippen molar-refractivity contribution in [3.8, 4) is 5.75 Å². The Morgan fingerprint density at radius 2 is 1.96 bits per heavy atom. The molecule has 0 bridgehead atoms. The van der Waals surface area contributed by atoms with Crippen molar-refractivity contribution in [1.29, 1.82) is 0 Å². The molecular formula is C21H24N2O3. The highest BCUT2D eigenvalue weighted by Crippen LogP contribution is 2.29. The van der Waals surface area contributed by atoms with E-state index in [1.807, 2.05) is 57.2 Å². The maximum Gasteiger partial charge on any atom is 0.229 e. The van der Waals surface area contributed by atoms with Crippen LogP contribution >= 0.6 is 0 Å². The fourth-order valence-electron chi connectivity index (χ4n) is 3.11. The standard InChI is InChI=1S/C21H24N2O3/c1-4-26-19-8-6-5-7-18(19)22-21(25)16-12-20(24)23(13-16)17-10-9-14(2)15(3)11-17/h5-11,16H,4,12-13H2,1-3H3,(H,22,25)/t16-/m1/s1. The van der Waals surface area contributed by atoms with Crippen LogP contribution < -0.4 is 15.0 Å². The predicted molar refractivity (Wildman–Crippen MR) is 103 cm³/mol. The summed E-state index contributed by atoms with van der Waals surface area (Å²) in [5.41, 5.74) is 3.80. The van der Waals surface area contributed by atoms with E-state index < -0.39 is 0 Å². The molecular weight excluding hydrogens is 328 g/mol. The van der Waals surface area contributed by atoms with Crippen molar-refractivity contribution in [2.45, 2.75) is 27.2 Å². The van der Waals surface area contributed by atoms with Crippen molar-refractivity contribution in [2.24, 2.45) is 5.92 Å². The van der Waals surface area contributed by atoms with Crippen LogP contribution in [-0.2, 0) is 9.59 Å². The minimum absolute atomic E-state index is 0.0218. The number of amides is 2.